The van der Waals surface area contributed by atoms with Crippen LogP contribution in [0.3, 0.4) is 0 Å². The molecule has 1 aromatic rings. The van der Waals surface area contributed by atoms with Crippen LogP contribution in [0.15, 0.2) is 16.9 Å². The van der Waals surface area contributed by atoms with Crippen molar-refractivity contribution in [2.45, 2.75) is 32.2 Å². The van der Waals surface area contributed by atoms with Gasteiger partial charge in [0.2, 0.25) is 0 Å². The predicted octanol–water partition coefficient (Wildman–Crippen LogP) is 1.34. The summed E-state index contributed by atoms with van der Waals surface area (Å²) in [7, 11) is 0. The highest BCUT2D eigenvalue weighted by atomic mass is 35.5. The summed E-state index contributed by atoms with van der Waals surface area (Å²) in [5.74, 6) is -0.227. The number of unbranched alkanes of at least 4 members (excludes halogenated alkanes) is 1. The molecule has 0 bridgehead atoms. The lowest BCUT2D eigenvalue weighted by molar-refractivity contribution is 0.0926. The van der Waals surface area contributed by atoms with Gasteiger partial charge in [0, 0.05) is 18.7 Å². The molecule has 0 aliphatic heterocycles. The monoisotopic (exact) mass is 247 g/mol. The zero-order valence-electron chi connectivity index (χ0n) is 9.31. The molecule has 1 atom stereocenters. The predicted molar refractivity (Wildman–Crippen MR) is 63.6 cm³/mol. The van der Waals surface area contributed by atoms with Crippen LogP contribution in [0.1, 0.15) is 36.7 Å². The highest BCUT2D eigenvalue weighted by Crippen LogP contribution is 2.01. The van der Waals surface area contributed by atoms with Gasteiger partial charge >= 0.3 is 0 Å². The van der Waals surface area contributed by atoms with Crippen molar-refractivity contribution < 1.29 is 9.32 Å². The Kier molecular flexibility index (Phi) is 7.58. The second-order valence-corrected chi connectivity index (χ2v) is 3.43. The Morgan fingerprint density at radius 1 is 1.69 bits per heavy atom. The van der Waals surface area contributed by atoms with Gasteiger partial charge in [-0.1, -0.05) is 24.9 Å². The van der Waals surface area contributed by atoms with Gasteiger partial charge in [-0.25, -0.2) is 0 Å². The van der Waals surface area contributed by atoms with Gasteiger partial charge < -0.3 is 15.6 Å². The average molecular weight is 248 g/mol. The molecule has 0 spiro atoms. The molecule has 0 saturated heterocycles. The molecule has 1 rings (SSSR count). The second-order valence-electron chi connectivity index (χ2n) is 3.43. The summed E-state index contributed by atoms with van der Waals surface area (Å²) in [5.41, 5.74) is 5.85. The molecule has 0 fully saturated rings. The molecule has 0 radical (unpaired) electrons. The van der Waals surface area contributed by atoms with Crippen LogP contribution in [-0.4, -0.2) is 23.7 Å². The van der Waals surface area contributed by atoms with E-state index in [9.17, 15) is 4.79 Å². The van der Waals surface area contributed by atoms with E-state index in [1.54, 1.807) is 0 Å². The first-order chi connectivity index (χ1) is 7.27. The highest BCUT2D eigenvalue weighted by molar-refractivity contribution is 5.92. The molecule has 0 saturated carbocycles. The number of amides is 1. The zero-order valence-corrected chi connectivity index (χ0v) is 10.1. The lowest BCUT2D eigenvalue weighted by Crippen LogP contribution is -2.40. The van der Waals surface area contributed by atoms with E-state index in [-0.39, 0.29) is 24.4 Å². The molecule has 16 heavy (non-hydrogen) atoms. The quantitative estimate of drug-likeness (QED) is 0.795. The van der Waals surface area contributed by atoms with Crippen LogP contribution in [0.2, 0.25) is 0 Å². The van der Waals surface area contributed by atoms with Crippen molar-refractivity contribution in [3.63, 3.8) is 0 Å². The number of nitrogens with two attached hydrogens (primary N) is 1. The smallest absolute Gasteiger partial charge is 0.273 e. The van der Waals surface area contributed by atoms with Crippen molar-refractivity contribution >= 4 is 18.3 Å². The Hall–Kier alpha value is -1.07. The first-order valence-corrected chi connectivity index (χ1v) is 5.19. The lowest BCUT2D eigenvalue weighted by Gasteiger charge is -2.15. The maximum absolute atomic E-state index is 11.5. The number of carbonyl (C=O) groups excluding carboxylic acids is 1. The Labute approximate surface area is 101 Å². The van der Waals surface area contributed by atoms with Gasteiger partial charge in [0.05, 0.1) is 0 Å². The van der Waals surface area contributed by atoms with Crippen molar-refractivity contribution in [2.75, 3.05) is 6.54 Å². The molecule has 0 aromatic carbocycles. The maximum Gasteiger partial charge on any atom is 0.273 e. The summed E-state index contributed by atoms with van der Waals surface area (Å²) in [6.45, 7) is 2.55. The molecule has 0 aliphatic rings. The average Bonchev–Trinajstić information content (AvgIpc) is 2.77. The summed E-state index contributed by atoms with van der Waals surface area (Å²) in [4.78, 5) is 11.5. The van der Waals surface area contributed by atoms with E-state index in [2.05, 4.69) is 21.9 Å². The van der Waals surface area contributed by atoms with Crippen LogP contribution < -0.4 is 11.1 Å². The van der Waals surface area contributed by atoms with Crippen LogP contribution in [0.25, 0.3) is 0 Å². The van der Waals surface area contributed by atoms with Gasteiger partial charge in [-0.05, 0) is 6.42 Å². The molecular weight excluding hydrogens is 230 g/mol. The largest absolute Gasteiger partial charge is 0.364 e. The van der Waals surface area contributed by atoms with Crippen molar-refractivity contribution in [1.82, 2.24) is 10.5 Å². The third-order valence-corrected chi connectivity index (χ3v) is 2.20. The number of aromatic nitrogens is 1. The molecule has 5 nitrogen and oxygen atoms in total. The number of nitrogens with one attached hydrogen (secondary N) is 1. The molecule has 3 N–H and O–H groups in total. The van der Waals surface area contributed by atoms with Crippen molar-refractivity contribution in [2.24, 2.45) is 5.73 Å². The molecule has 1 aromatic heterocycles. The summed E-state index contributed by atoms with van der Waals surface area (Å²) in [6.07, 6.45) is 4.42. The van der Waals surface area contributed by atoms with Crippen LogP contribution in [-0.2, 0) is 0 Å². The van der Waals surface area contributed by atoms with E-state index in [1.165, 1.54) is 12.3 Å². The number of nitrogens with zero attached hydrogens (tertiary/aromatic N) is 1. The van der Waals surface area contributed by atoms with E-state index in [0.717, 1.165) is 19.3 Å². The first-order valence-electron chi connectivity index (χ1n) is 5.19. The molecule has 6 heteroatoms. The fraction of sp³-hybridized carbons (Fsp3) is 0.600. The van der Waals surface area contributed by atoms with Crippen LogP contribution in [0.4, 0.5) is 0 Å². The van der Waals surface area contributed by atoms with Crippen molar-refractivity contribution in [3.05, 3.63) is 18.0 Å². The number of carbonyl (C=O) groups is 1. The van der Waals surface area contributed by atoms with Crippen LogP contribution >= 0.6 is 12.4 Å². The number of hydrogen-bond donors (Lipinski definition) is 2. The number of halogens is 1. The molecule has 1 amide bonds. The summed E-state index contributed by atoms with van der Waals surface area (Å²) >= 11 is 0. The van der Waals surface area contributed by atoms with Gasteiger partial charge in [0.1, 0.15) is 6.26 Å². The lowest BCUT2D eigenvalue weighted by atomic mass is 10.1. The van der Waals surface area contributed by atoms with Gasteiger partial charge in [0.15, 0.2) is 5.69 Å². The van der Waals surface area contributed by atoms with E-state index < -0.39 is 0 Å². The third kappa shape index (κ3) is 4.63. The van der Waals surface area contributed by atoms with E-state index in [0.29, 0.717) is 12.2 Å². The fourth-order valence-corrected chi connectivity index (χ4v) is 1.29. The van der Waals surface area contributed by atoms with Crippen molar-refractivity contribution in [1.29, 1.82) is 0 Å². The molecule has 1 heterocycles. The Morgan fingerprint density at radius 2 is 2.44 bits per heavy atom. The van der Waals surface area contributed by atoms with Gasteiger partial charge in [-0.15, -0.1) is 12.4 Å². The zero-order chi connectivity index (χ0) is 11.1. The summed E-state index contributed by atoms with van der Waals surface area (Å²) < 4.78 is 4.59. The summed E-state index contributed by atoms with van der Waals surface area (Å²) in [6, 6.07) is 1.55. The van der Waals surface area contributed by atoms with Crippen LogP contribution in [0, 0.1) is 0 Å². The second kappa shape index (κ2) is 8.13. The normalized spacial score (nSPS) is 11.6. The van der Waals surface area contributed by atoms with E-state index in [4.69, 9.17) is 5.73 Å². The Balaban J connectivity index is 0.00000225. The number of rotatable bonds is 6. The Bertz CT molecular complexity index is 290. The van der Waals surface area contributed by atoms with Gasteiger partial charge in [-0.2, -0.15) is 0 Å². The van der Waals surface area contributed by atoms with Gasteiger partial charge in [0.25, 0.3) is 5.91 Å². The molecular formula is C10H18ClN3O2. The fourth-order valence-electron chi connectivity index (χ4n) is 1.29. The van der Waals surface area contributed by atoms with Gasteiger partial charge in [-0.3, -0.25) is 4.79 Å². The highest BCUT2D eigenvalue weighted by Gasteiger charge is 2.13. The van der Waals surface area contributed by atoms with E-state index >= 15 is 0 Å². The standard InChI is InChI=1S/C10H17N3O2.ClH/c1-2-3-4-8(7-11)12-10(14)9-5-6-15-13-9;/h5-6,8H,2-4,7,11H2,1H3,(H,12,14);1H. The molecule has 1 unspecified atom stereocenters. The minimum Gasteiger partial charge on any atom is -0.364 e. The minimum atomic E-state index is -0.227. The summed E-state index contributed by atoms with van der Waals surface area (Å²) in [5, 5.41) is 6.37. The maximum atomic E-state index is 11.5. The molecule has 0 aliphatic carbocycles. The Morgan fingerprint density at radius 3 is 2.94 bits per heavy atom. The third-order valence-electron chi connectivity index (χ3n) is 2.20. The molecule has 92 valence electrons. The van der Waals surface area contributed by atoms with E-state index in [1.807, 2.05) is 0 Å². The first kappa shape index (κ1) is 14.9. The minimum absolute atomic E-state index is 0. The number of hydrogen-bond acceptors (Lipinski definition) is 4. The topological polar surface area (TPSA) is 81.1 Å². The van der Waals surface area contributed by atoms with Crippen LogP contribution in [0.5, 0.6) is 0 Å². The SMILES string of the molecule is CCCCC(CN)NC(=O)c1ccon1.Cl. The van der Waals surface area contributed by atoms with Crippen molar-refractivity contribution in [3.8, 4) is 0 Å².